The molecule has 0 amide bonds. The molecule has 0 saturated heterocycles. The fraction of sp³-hybridized carbons (Fsp3) is 0.143. The first-order chi connectivity index (χ1) is 9.82. The van der Waals surface area contributed by atoms with Crippen LogP contribution in [0.25, 0.3) is 0 Å². The molecule has 21 heavy (non-hydrogen) atoms. The lowest BCUT2D eigenvalue weighted by molar-refractivity contribution is 0.381. The molecule has 0 saturated carbocycles. The van der Waals surface area contributed by atoms with Crippen molar-refractivity contribution in [2.45, 2.75) is 13.0 Å². The Balaban J connectivity index is 2.37. The van der Waals surface area contributed by atoms with E-state index >= 15 is 0 Å². The van der Waals surface area contributed by atoms with Gasteiger partial charge < -0.3 is 5.32 Å². The molecule has 1 nitrogen and oxygen atoms in total. The molecule has 0 heterocycles. The zero-order chi connectivity index (χ0) is 15.7. The maximum absolute atomic E-state index is 13.6. The highest BCUT2D eigenvalue weighted by Crippen LogP contribution is 2.30. The van der Waals surface area contributed by atoms with Crippen molar-refractivity contribution in [3.63, 3.8) is 0 Å². The molecule has 0 bridgehead atoms. The van der Waals surface area contributed by atoms with Gasteiger partial charge in [-0.05, 0) is 24.6 Å². The Morgan fingerprint density at radius 1 is 0.810 bits per heavy atom. The van der Waals surface area contributed by atoms with Gasteiger partial charge in [-0.25, -0.2) is 22.0 Å². The van der Waals surface area contributed by atoms with Crippen molar-refractivity contribution in [3.8, 4) is 0 Å². The van der Waals surface area contributed by atoms with Gasteiger partial charge in [-0.3, -0.25) is 0 Å². The number of hydrogen-bond acceptors (Lipinski definition) is 1. The number of anilines is 1. The lowest BCUT2D eigenvalue weighted by atomic mass is 10.1. The number of hydrogen-bond donors (Lipinski definition) is 1. The Labute approximate surface area is 125 Å². The van der Waals surface area contributed by atoms with Crippen LogP contribution in [0.2, 0.25) is 0 Å². The molecular formula is C14H9BrF5N. The molecule has 2 aromatic carbocycles. The average molecular weight is 366 g/mol. The van der Waals surface area contributed by atoms with Crippen LogP contribution >= 0.6 is 15.9 Å². The number of benzene rings is 2. The zero-order valence-electron chi connectivity index (χ0n) is 10.7. The van der Waals surface area contributed by atoms with Gasteiger partial charge in [-0.15, -0.1) is 0 Å². The summed E-state index contributed by atoms with van der Waals surface area (Å²) < 4.78 is 67.0. The molecule has 1 unspecified atom stereocenters. The number of halogens is 6. The fourth-order valence-electron chi connectivity index (χ4n) is 1.78. The third-order valence-corrected chi connectivity index (χ3v) is 3.47. The summed E-state index contributed by atoms with van der Waals surface area (Å²) in [5.41, 5.74) is -0.413. The van der Waals surface area contributed by atoms with Gasteiger partial charge in [0.25, 0.3) is 0 Å². The van der Waals surface area contributed by atoms with Crippen molar-refractivity contribution in [1.82, 2.24) is 0 Å². The normalized spacial score (nSPS) is 12.3. The van der Waals surface area contributed by atoms with Crippen LogP contribution in [0.15, 0.2) is 28.7 Å². The highest BCUT2D eigenvalue weighted by Gasteiger charge is 2.26. The van der Waals surface area contributed by atoms with Gasteiger partial charge in [0.1, 0.15) is 5.69 Å². The Kier molecular flexibility index (Phi) is 4.51. The van der Waals surface area contributed by atoms with Crippen molar-refractivity contribution < 1.29 is 22.0 Å². The summed E-state index contributed by atoms with van der Waals surface area (Å²) in [7, 11) is 0. The van der Waals surface area contributed by atoms with Crippen molar-refractivity contribution in [1.29, 1.82) is 0 Å². The largest absolute Gasteiger partial charge is 0.374 e. The minimum absolute atomic E-state index is 0.627. The second-order valence-electron chi connectivity index (χ2n) is 4.36. The summed E-state index contributed by atoms with van der Waals surface area (Å²) >= 11 is 3.23. The van der Waals surface area contributed by atoms with Crippen molar-refractivity contribution in [2.24, 2.45) is 0 Å². The molecule has 0 spiro atoms. The van der Waals surface area contributed by atoms with Gasteiger partial charge in [-0.1, -0.05) is 28.1 Å². The quantitative estimate of drug-likeness (QED) is 0.441. The van der Waals surface area contributed by atoms with Crippen LogP contribution in [0.3, 0.4) is 0 Å². The van der Waals surface area contributed by atoms with Crippen LogP contribution in [0.4, 0.5) is 27.6 Å². The van der Waals surface area contributed by atoms with Crippen molar-refractivity contribution >= 4 is 21.6 Å². The van der Waals surface area contributed by atoms with Crippen LogP contribution in [0.5, 0.6) is 0 Å². The van der Waals surface area contributed by atoms with Crippen LogP contribution < -0.4 is 5.32 Å². The summed E-state index contributed by atoms with van der Waals surface area (Å²) in [6.07, 6.45) is 0. The first kappa shape index (κ1) is 15.8. The molecule has 0 radical (unpaired) electrons. The van der Waals surface area contributed by atoms with Crippen LogP contribution in [-0.2, 0) is 0 Å². The highest BCUT2D eigenvalue weighted by molar-refractivity contribution is 9.10. The molecule has 1 N–H and O–H groups in total. The van der Waals surface area contributed by atoms with E-state index in [-0.39, 0.29) is 0 Å². The van der Waals surface area contributed by atoms with Gasteiger partial charge in [0.05, 0.1) is 0 Å². The standard InChI is InChI=1S/C14H9BrF5N/c1-6(7-2-4-8(15)5-3-7)21-14-12(19)10(17)9(16)11(18)13(14)20/h2-6,21H,1H3. The Bertz CT molecular complexity index is 643. The van der Waals surface area contributed by atoms with Crippen LogP contribution in [0.1, 0.15) is 18.5 Å². The average Bonchev–Trinajstić information content (AvgIpc) is 2.48. The SMILES string of the molecule is CC(Nc1c(F)c(F)c(F)c(F)c1F)c1ccc(Br)cc1. The Morgan fingerprint density at radius 2 is 1.24 bits per heavy atom. The second kappa shape index (κ2) is 6.01. The van der Waals surface area contributed by atoms with Gasteiger partial charge in [0, 0.05) is 10.5 Å². The van der Waals surface area contributed by atoms with E-state index in [1.54, 1.807) is 31.2 Å². The molecule has 112 valence electrons. The van der Waals surface area contributed by atoms with Crippen molar-refractivity contribution in [3.05, 3.63) is 63.4 Å². The Hall–Kier alpha value is -1.63. The second-order valence-corrected chi connectivity index (χ2v) is 5.28. The molecule has 0 aliphatic rings. The monoisotopic (exact) mass is 365 g/mol. The summed E-state index contributed by atoms with van der Waals surface area (Å²) in [5, 5.41) is 2.31. The predicted molar refractivity (Wildman–Crippen MR) is 72.4 cm³/mol. The van der Waals surface area contributed by atoms with Gasteiger partial charge >= 0.3 is 0 Å². The summed E-state index contributed by atoms with van der Waals surface area (Å²) in [6.45, 7) is 1.54. The molecule has 0 aliphatic heterocycles. The smallest absolute Gasteiger partial charge is 0.200 e. The Morgan fingerprint density at radius 3 is 1.71 bits per heavy atom. The van der Waals surface area contributed by atoms with E-state index < -0.39 is 40.8 Å². The first-order valence-corrected chi connectivity index (χ1v) is 6.65. The highest BCUT2D eigenvalue weighted by atomic mass is 79.9. The molecule has 1 atom stereocenters. The zero-order valence-corrected chi connectivity index (χ0v) is 12.2. The van der Waals surface area contributed by atoms with E-state index in [1.165, 1.54) is 0 Å². The van der Waals surface area contributed by atoms with E-state index in [4.69, 9.17) is 0 Å². The van der Waals surface area contributed by atoms with Gasteiger partial charge in [0.2, 0.25) is 5.82 Å². The topological polar surface area (TPSA) is 12.0 Å². The van der Waals surface area contributed by atoms with E-state index in [1.807, 2.05) is 0 Å². The number of rotatable bonds is 3. The third-order valence-electron chi connectivity index (χ3n) is 2.94. The van der Waals surface area contributed by atoms with Crippen molar-refractivity contribution in [2.75, 3.05) is 5.32 Å². The third kappa shape index (κ3) is 3.02. The van der Waals surface area contributed by atoms with E-state index in [0.717, 1.165) is 4.47 Å². The van der Waals surface area contributed by atoms with Gasteiger partial charge in [-0.2, -0.15) is 0 Å². The fourth-order valence-corrected chi connectivity index (χ4v) is 2.05. The lowest BCUT2D eigenvalue weighted by Gasteiger charge is -2.17. The van der Waals surface area contributed by atoms with Crippen LogP contribution in [-0.4, -0.2) is 0 Å². The molecule has 2 aromatic rings. The minimum atomic E-state index is -2.17. The van der Waals surface area contributed by atoms with E-state index in [0.29, 0.717) is 5.56 Å². The molecule has 0 aromatic heterocycles. The van der Waals surface area contributed by atoms with E-state index in [2.05, 4.69) is 21.2 Å². The molecule has 0 aliphatic carbocycles. The van der Waals surface area contributed by atoms with Crippen LogP contribution in [0, 0.1) is 29.1 Å². The minimum Gasteiger partial charge on any atom is -0.374 e. The lowest BCUT2D eigenvalue weighted by Crippen LogP contribution is -2.13. The molecule has 0 fully saturated rings. The molecule has 7 heteroatoms. The molecule has 2 rings (SSSR count). The maximum atomic E-state index is 13.6. The maximum Gasteiger partial charge on any atom is 0.200 e. The number of nitrogens with one attached hydrogen (secondary N) is 1. The summed E-state index contributed by atoms with van der Waals surface area (Å²) in [5.74, 6) is -9.88. The van der Waals surface area contributed by atoms with Gasteiger partial charge in [0.15, 0.2) is 23.3 Å². The predicted octanol–water partition coefficient (Wildman–Crippen LogP) is 5.32. The summed E-state index contributed by atoms with van der Waals surface area (Å²) in [4.78, 5) is 0. The summed E-state index contributed by atoms with van der Waals surface area (Å²) in [6, 6.07) is 6.08. The molecular weight excluding hydrogens is 357 g/mol. The van der Waals surface area contributed by atoms with E-state index in [9.17, 15) is 22.0 Å². The first-order valence-electron chi connectivity index (χ1n) is 5.86.